The SMILES string of the molecule is CN=C(NCc1ccc(Cl)cc1)NCc1ccc(-n2cncn2)cc1. The lowest BCUT2D eigenvalue weighted by molar-refractivity contribution is 0.808. The molecule has 3 aromatic rings. The van der Waals surface area contributed by atoms with Gasteiger partial charge in [-0.25, -0.2) is 9.67 Å². The van der Waals surface area contributed by atoms with E-state index in [2.05, 4.69) is 37.8 Å². The molecule has 0 bridgehead atoms. The van der Waals surface area contributed by atoms with Gasteiger partial charge in [-0.15, -0.1) is 0 Å². The van der Waals surface area contributed by atoms with Gasteiger partial charge in [-0.1, -0.05) is 35.9 Å². The summed E-state index contributed by atoms with van der Waals surface area (Å²) in [5.41, 5.74) is 3.27. The van der Waals surface area contributed by atoms with Gasteiger partial charge in [0.2, 0.25) is 0 Å². The molecule has 0 unspecified atom stereocenters. The molecular formula is C18H19ClN6. The highest BCUT2D eigenvalue weighted by atomic mass is 35.5. The normalized spacial score (nSPS) is 11.4. The summed E-state index contributed by atoms with van der Waals surface area (Å²) in [5, 5.41) is 11.4. The predicted octanol–water partition coefficient (Wildman–Crippen LogP) is 2.79. The van der Waals surface area contributed by atoms with Crippen LogP contribution in [0.2, 0.25) is 5.02 Å². The fourth-order valence-electron chi connectivity index (χ4n) is 2.30. The standard InChI is InChI=1S/C18H19ClN6/c1-20-18(22-10-14-2-6-16(19)7-3-14)23-11-15-4-8-17(9-5-15)25-13-21-12-24-25/h2-9,12-13H,10-11H2,1H3,(H2,20,22,23). The van der Waals surface area contributed by atoms with E-state index in [0.717, 1.165) is 27.8 Å². The molecule has 2 N–H and O–H groups in total. The van der Waals surface area contributed by atoms with E-state index in [1.54, 1.807) is 18.1 Å². The molecule has 0 aliphatic heterocycles. The Labute approximate surface area is 151 Å². The van der Waals surface area contributed by atoms with Crippen LogP contribution in [0.1, 0.15) is 11.1 Å². The lowest BCUT2D eigenvalue weighted by Crippen LogP contribution is -2.36. The molecule has 0 atom stereocenters. The van der Waals surface area contributed by atoms with Gasteiger partial charge in [0, 0.05) is 25.2 Å². The second-order valence-corrected chi connectivity index (χ2v) is 5.85. The van der Waals surface area contributed by atoms with Crippen molar-refractivity contribution < 1.29 is 0 Å². The first kappa shape index (κ1) is 17.0. The van der Waals surface area contributed by atoms with E-state index < -0.39 is 0 Å². The van der Waals surface area contributed by atoms with Gasteiger partial charge in [-0.05, 0) is 35.4 Å². The zero-order valence-electron chi connectivity index (χ0n) is 13.9. The van der Waals surface area contributed by atoms with E-state index in [-0.39, 0.29) is 0 Å². The maximum absolute atomic E-state index is 5.90. The average molecular weight is 355 g/mol. The lowest BCUT2D eigenvalue weighted by Gasteiger charge is -2.12. The predicted molar refractivity (Wildman–Crippen MR) is 99.8 cm³/mol. The number of hydrogen-bond donors (Lipinski definition) is 2. The zero-order valence-corrected chi connectivity index (χ0v) is 14.6. The molecule has 0 aliphatic carbocycles. The number of hydrogen-bond acceptors (Lipinski definition) is 3. The molecule has 128 valence electrons. The number of nitrogens with one attached hydrogen (secondary N) is 2. The van der Waals surface area contributed by atoms with Gasteiger partial charge in [-0.3, -0.25) is 4.99 Å². The Hall–Kier alpha value is -2.86. The molecule has 7 heteroatoms. The molecule has 1 aromatic heterocycles. The second-order valence-electron chi connectivity index (χ2n) is 5.41. The van der Waals surface area contributed by atoms with Crippen molar-refractivity contribution >= 4 is 17.6 Å². The molecule has 0 fully saturated rings. The van der Waals surface area contributed by atoms with Crippen LogP contribution in [-0.2, 0) is 13.1 Å². The zero-order chi connectivity index (χ0) is 17.5. The molecule has 0 saturated heterocycles. The summed E-state index contributed by atoms with van der Waals surface area (Å²) in [6.45, 7) is 1.36. The third-order valence-electron chi connectivity index (χ3n) is 3.68. The maximum atomic E-state index is 5.90. The summed E-state index contributed by atoms with van der Waals surface area (Å²) in [7, 11) is 1.75. The minimum atomic E-state index is 0.679. The third-order valence-corrected chi connectivity index (χ3v) is 3.93. The van der Waals surface area contributed by atoms with E-state index in [9.17, 15) is 0 Å². The number of aliphatic imine (C=N–C) groups is 1. The fraction of sp³-hybridized carbons (Fsp3) is 0.167. The van der Waals surface area contributed by atoms with Gasteiger partial charge in [0.05, 0.1) is 5.69 Å². The summed E-state index contributed by atoms with van der Waals surface area (Å²) in [6, 6.07) is 15.9. The van der Waals surface area contributed by atoms with E-state index >= 15 is 0 Å². The Morgan fingerprint density at radius 3 is 2.12 bits per heavy atom. The second kappa shape index (κ2) is 8.30. The van der Waals surface area contributed by atoms with Crippen molar-refractivity contribution in [1.82, 2.24) is 25.4 Å². The largest absolute Gasteiger partial charge is 0.352 e. The Morgan fingerprint density at radius 2 is 1.60 bits per heavy atom. The molecule has 6 nitrogen and oxygen atoms in total. The first-order valence-corrected chi connectivity index (χ1v) is 8.25. The third kappa shape index (κ3) is 4.81. The van der Waals surface area contributed by atoms with E-state index in [4.69, 9.17) is 11.6 Å². The Balaban J connectivity index is 1.51. The molecule has 0 aliphatic rings. The van der Waals surface area contributed by atoms with Crippen LogP contribution in [0.5, 0.6) is 0 Å². The molecule has 0 radical (unpaired) electrons. The van der Waals surface area contributed by atoms with Crippen LogP contribution in [0.3, 0.4) is 0 Å². The van der Waals surface area contributed by atoms with Crippen molar-refractivity contribution in [2.75, 3.05) is 7.05 Å². The van der Waals surface area contributed by atoms with Crippen LogP contribution in [-0.4, -0.2) is 27.8 Å². The van der Waals surface area contributed by atoms with Gasteiger partial charge >= 0.3 is 0 Å². The summed E-state index contributed by atoms with van der Waals surface area (Å²) >= 11 is 5.90. The number of rotatable bonds is 5. The van der Waals surface area contributed by atoms with Crippen LogP contribution in [0, 0.1) is 0 Å². The number of halogens is 1. The van der Waals surface area contributed by atoms with Crippen molar-refractivity contribution in [1.29, 1.82) is 0 Å². The van der Waals surface area contributed by atoms with Gasteiger partial charge in [0.1, 0.15) is 12.7 Å². The van der Waals surface area contributed by atoms with E-state index in [1.807, 2.05) is 36.4 Å². The highest BCUT2D eigenvalue weighted by molar-refractivity contribution is 6.30. The van der Waals surface area contributed by atoms with Gasteiger partial charge in [-0.2, -0.15) is 5.10 Å². The number of nitrogens with zero attached hydrogens (tertiary/aromatic N) is 4. The summed E-state index contributed by atoms with van der Waals surface area (Å²) < 4.78 is 1.73. The quantitative estimate of drug-likeness (QED) is 0.546. The Bertz CT molecular complexity index is 810. The average Bonchev–Trinajstić information content (AvgIpc) is 3.18. The van der Waals surface area contributed by atoms with Crippen molar-refractivity contribution in [3.05, 3.63) is 77.3 Å². The van der Waals surface area contributed by atoms with E-state index in [1.165, 1.54) is 6.33 Å². The van der Waals surface area contributed by atoms with Crippen LogP contribution < -0.4 is 10.6 Å². The molecule has 0 spiro atoms. The summed E-state index contributed by atoms with van der Waals surface area (Å²) in [4.78, 5) is 8.19. The monoisotopic (exact) mass is 354 g/mol. The molecule has 1 heterocycles. The Kier molecular flexibility index (Phi) is 5.64. The van der Waals surface area contributed by atoms with Crippen molar-refractivity contribution in [3.63, 3.8) is 0 Å². The highest BCUT2D eigenvalue weighted by Crippen LogP contribution is 2.09. The first-order chi connectivity index (χ1) is 12.2. The minimum Gasteiger partial charge on any atom is -0.352 e. The molecule has 2 aromatic carbocycles. The van der Waals surface area contributed by atoms with Crippen LogP contribution in [0.15, 0.2) is 66.2 Å². The smallest absolute Gasteiger partial charge is 0.191 e. The van der Waals surface area contributed by atoms with Crippen LogP contribution in [0.25, 0.3) is 5.69 Å². The van der Waals surface area contributed by atoms with Crippen LogP contribution in [0.4, 0.5) is 0 Å². The van der Waals surface area contributed by atoms with Gasteiger partial charge < -0.3 is 10.6 Å². The maximum Gasteiger partial charge on any atom is 0.191 e. The topological polar surface area (TPSA) is 67.1 Å². The summed E-state index contributed by atoms with van der Waals surface area (Å²) in [5.74, 6) is 0.746. The molecular weight excluding hydrogens is 336 g/mol. The number of aromatic nitrogens is 3. The highest BCUT2D eigenvalue weighted by Gasteiger charge is 2.01. The number of guanidine groups is 1. The summed E-state index contributed by atoms with van der Waals surface area (Å²) in [6.07, 6.45) is 3.20. The molecule has 0 saturated carbocycles. The Morgan fingerprint density at radius 1 is 1.00 bits per heavy atom. The van der Waals surface area contributed by atoms with Crippen molar-refractivity contribution in [3.8, 4) is 5.69 Å². The lowest BCUT2D eigenvalue weighted by atomic mass is 10.2. The fourth-order valence-corrected chi connectivity index (χ4v) is 2.43. The van der Waals surface area contributed by atoms with Crippen LogP contribution >= 0.6 is 11.6 Å². The first-order valence-electron chi connectivity index (χ1n) is 7.87. The molecule has 25 heavy (non-hydrogen) atoms. The molecule has 3 rings (SSSR count). The molecule has 0 amide bonds. The van der Waals surface area contributed by atoms with Crippen molar-refractivity contribution in [2.45, 2.75) is 13.1 Å². The minimum absolute atomic E-state index is 0.679. The number of benzene rings is 2. The van der Waals surface area contributed by atoms with Gasteiger partial charge in [0.15, 0.2) is 5.96 Å². The van der Waals surface area contributed by atoms with E-state index in [0.29, 0.717) is 13.1 Å². The van der Waals surface area contributed by atoms with Crippen molar-refractivity contribution in [2.24, 2.45) is 4.99 Å². The van der Waals surface area contributed by atoms with Gasteiger partial charge in [0.25, 0.3) is 0 Å².